The van der Waals surface area contributed by atoms with Gasteiger partial charge in [0.1, 0.15) is 6.61 Å². The molecule has 52 heavy (non-hydrogen) atoms. The third kappa shape index (κ3) is 37.2. The summed E-state index contributed by atoms with van der Waals surface area (Å²) in [7, 11) is -4.39. The maximum absolute atomic E-state index is 12.5. The van der Waals surface area contributed by atoms with Crippen LogP contribution in [0.5, 0.6) is 0 Å². The van der Waals surface area contributed by atoms with E-state index in [1.54, 1.807) is 0 Å². The molecule has 0 amide bonds. The lowest BCUT2D eigenvalue weighted by atomic mass is 10.1. The van der Waals surface area contributed by atoms with Gasteiger partial charge in [0, 0.05) is 19.4 Å². The average Bonchev–Trinajstić information content (AvgIpc) is 3.13. The third-order valence-corrected chi connectivity index (χ3v) is 8.93. The summed E-state index contributed by atoms with van der Waals surface area (Å²) in [5, 5.41) is 0. The number of phosphoric ester groups is 1. The fraction of sp³-hybridized carbons (Fsp3) is 0.667. The molecule has 0 saturated heterocycles. The lowest BCUT2D eigenvalue weighted by Gasteiger charge is -2.19. The van der Waals surface area contributed by atoms with Crippen molar-refractivity contribution < 1.29 is 37.6 Å². The first-order valence-corrected chi connectivity index (χ1v) is 21.5. The van der Waals surface area contributed by atoms with Crippen molar-refractivity contribution in [1.82, 2.24) is 0 Å². The van der Waals surface area contributed by atoms with Crippen molar-refractivity contribution in [2.45, 2.75) is 155 Å². The highest BCUT2D eigenvalue weighted by molar-refractivity contribution is 7.47. The summed E-state index contributed by atoms with van der Waals surface area (Å²) in [6.07, 6.45) is 45.1. The van der Waals surface area contributed by atoms with Gasteiger partial charge in [0.2, 0.25) is 0 Å². The molecule has 0 aromatic rings. The van der Waals surface area contributed by atoms with Gasteiger partial charge >= 0.3 is 19.8 Å². The van der Waals surface area contributed by atoms with Crippen LogP contribution in [0.4, 0.5) is 0 Å². The van der Waals surface area contributed by atoms with E-state index in [2.05, 4.69) is 50.3 Å². The van der Waals surface area contributed by atoms with Gasteiger partial charge in [0.25, 0.3) is 0 Å². The Morgan fingerprint density at radius 2 is 1.06 bits per heavy atom. The van der Waals surface area contributed by atoms with Gasteiger partial charge in [-0.2, -0.15) is 0 Å². The van der Waals surface area contributed by atoms with Crippen LogP contribution in [0.3, 0.4) is 0 Å². The van der Waals surface area contributed by atoms with E-state index < -0.39 is 32.5 Å². The van der Waals surface area contributed by atoms with E-state index in [4.69, 9.17) is 24.3 Å². The van der Waals surface area contributed by atoms with Crippen LogP contribution in [0, 0.1) is 0 Å². The number of esters is 2. The molecule has 0 aliphatic heterocycles. The van der Waals surface area contributed by atoms with E-state index >= 15 is 0 Å². The predicted molar refractivity (Wildman–Crippen MR) is 215 cm³/mol. The number of unbranched alkanes of at least 4 members (excludes halogenated alkanes) is 15. The van der Waals surface area contributed by atoms with Gasteiger partial charge in [0.15, 0.2) is 6.10 Å². The largest absolute Gasteiger partial charge is 0.472 e. The zero-order chi connectivity index (χ0) is 38.2. The first-order chi connectivity index (χ1) is 25.3. The van der Waals surface area contributed by atoms with Crippen LogP contribution in [0.2, 0.25) is 0 Å². The van der Waals surface area contributed by atoms with Crippen molar-refractivity contribution in [3.8, 4) is 0 Å². The molecule has 298 valence electrons. The summed E-state index contributed by atoms with van der Waals surface area (Å²) in [5.41, 5.74) is 5.33. The van der Waals surface area contributed by atoms with Gasteiger partial charge in [0.05, 0.1) is 13.2 Å². The average molecular weight is 750 g/mol. The molecule has 0 spiro atoms. The number of phosphoric acid groups is 1. The molecule has 0 heterocycles. The second kappa shape index (κ2) is 38.2. The molecule has 0 aliphatic carbocycles. The van der Waals surface area contributed by atoms with Crippen LogP contribution in [-0.4, -0.2) is 49.3 Å². The summed E-state index contributed by atoms with van der Waals surface area (Å²) < 4.78 is 32.6. The Bertz CT molecular complexity index is 1080. The van der Waals surface area contributed by atoms with Gasteiger partial charge in [-0.05, 0) is 57.8 Å². The predicted octanol–water partition coefficient (Wildman–Crippen LogP) is 11.1. The van der Waals surface area contributed by atoms with Crippen molar-refractivity contribution in [2.24, 2.45) is 5.73 Å². The van der Waals surface area contributed by atoms with Gasteiger partial charge in [-0.1, -0.05) is 151 Å². The second-order valence-electron chi connectivity index (χ2n) is 12.9. The molecule has 0 saturated carbocycles. The number of rotatable bonds is 36. The maximum atomic E-state index is 12.5. The molecular weight excluding hydrogens is 677 g/mol. The standard InChI is InChI=1S/C42H72NO8P/c1-3-5-7-9-11-13-15-17-18-19-20-21-23-24-26-28-30-32-34-41(44)48-38-40(39-50-52(46,47)49-37-36-43)51-42(45)35-33-31-29-27-25-22-16-14-12-10-8-6-4-2/h6,8,10,12,14,16,18-22,25,40H,3-5,7,9,11,13,15,17,23-24,26-39,43H2,1-2H3,(H,46,47)/b8-6+,12-10+,16-14+,19-18+,21-20+,25-22+. The summed E-state index contributed by atoms with van der Waals surface area (Å²) in [5.74, 6) is -0.900. The van der Waals surface area contributed by atoms with E-state index in [9.17, 15) is 19.0 Å². The molecule has 0 fully saturated rings. The minimum absolute atomic E-state index is 0.0405. The molecular formula is C42H72NO8P. The van der Waals surface area contributed by atoms with E-state index in [-0.39, 0.29) is 32.6 Å². The fourth-order valence-corrected chi connectivity index (χ4v) is 5.75. The summed E-state index contributed by atoms with van der Waals surface area (Å²) in [4.78, 5) is 34.7. The fourth-order valence-electron chi connectivity index (χ4n) is 4.99. The Labute approximate surface area is 316 Å². The van der Waals surface area contributed by atoms with Crippen LogP contribution in [0.15, 0.2) is 72.9 Å². The molecule has 0 aromatic carbocycles. The highest BCUT2D eigenvalue weighted by Crippen LogP contribution is 2.43. The number of ether oxygens (including phenoxy) is 2. The molecule has 9 nitrogen and oxygen atoms in total. The van der Waals surface area contributed by atoms with Crippen molar-refractivity contribution in [1.29, 1.82) is 0 Å². The SMILES string of the molecule is CC/C=C/C=C/C=C/C=C/CCCCCC(=O)OC(COC(=O)CCCCCCC/C=C/C=C/CCCCCCCCC)COP(=O)(O)OCCN. The lowest BCUT2D eigenvalue weighted by Crippen LogP contribution is -2.29. The number of carbonyl (C=O) groups excluding carboxylic acids is 2. The van der Waals surface area contributed by atoms with Gasteiger partial charge in [-0.3, -0.25) is 18.6 Å². The van der Waals surface area contributed by atoms with Crippen LogP contribution in [0.25, 0.3) is 0 Å². The topological polar surface area (TPSA) is 134 Å². The van der Waals surface area contributed by atoms with Crippen LogP contribution < -0.4 is 5.73 Å². The smallest absolute Gasteiger partial charge is 0.462 e. The zero-order valence-electron chi connectivity index (χ0n) is 32.5. The van der Waals surface area contributed by atoms with Crippen LogP contribution >= 0.6 is 7.82 Å². The third-order valence-electron chi connectivity index (χ3n) is 7.95. The molecule has 0 bridgehead atoms. The Morgan fingerprint density at radius 1 is 0.596 bits per heavy atom. The number of hydrogen-bond donors (Lipinski definition) is 2. The van der Waals surface area contributed by atoms with Gasteiger partial charge < -0.3 is 20.1 Å². The minimum atomic E-state index is -4.39. The van der Waals surface area contributed by atoms with Crippen LogP contribution in [0.1, 0.15) is 149 Å². The first kappa shape index (κ1) is 49.5. The maximum Gasteiger partial charge on any atom is 0.472 e. The molecule has 0 aliphatic rings. The second-order valence-corrected chi connectivity index (χ2v) is 14.3. The Kier molecular flexibility index (Phi) is 36.3. The van der Waals surface area contributed by atoms with Crippen LogP contribution in [-0.2, 0) is 32.7 Å². The van der Waals surface area contributed by atoms with Crippen molar-refractivity contribution in [2.75, 3.05) is 26.4 Å². The minimum Gasteiger partial charge on any atom is -0.462 e. The van der Waals surface area contributed by atoms with Crippen molar-refractivity contribution >= 4 is 19.8 Å². The van der Waals surface area contributed by atoms with Gasteiger partial charge in [-0.15, -0.1) is 0 Å². The molecule has 0 aromatic heterocycles. The zero-order valence-corrected chi connectivity index (χ0v) is 33.4. The Balaban J connectivity index is 4.28. The Hall–Kier alpha value is -2.55. The van der Waals surface area contributed by atoms with Gasteiger partial charge in [-0.25, -0.2) is 4.57 Å². The highest BCUT2D eigenvalue weighted by Gasteiger charge is 2.25. The van der Waals surface area contributed by atoms with E-state index in [0.717, 1.165) is 64.2 Å². The highest BCUT2D eigenvalue weighted by atomic mass is 31.2. The normalized spacial score (nSPS) is 14.2. The monoisotopic (exact) mass is 749 g/mol. The van der Waals surface area contributed by atoms with Crippen molar-refractivity contribution in [3.63, 3.8) is 0 Å². The summed E-state index contributed by atoms with van der Waals surface area (Å²) in [6.45, 7) is 3.49. The van der Waals surface area contributed by atoms with E-state index in [1.165, 1.54) is 44.9 Å². The van der Waals surface area contributed by atoms with E-state index in [1.807, 2.05) is 36.5 Å². The number of allylic oxidation sites excluding steroid dienone is 12. The molecule has 0 radical (unpaired) electrons. The number of nitrogens with two attached hydrogens (primary N) is 1. The Morgan fingerprint density at radius 3 is 1.62 bits per heavy atom. The molecule has 10 heteroatoms. The number of hydrogen-bond acceptors (Lipinski definition) is 8. The first-order valence-electron chi connectivity index (χ1n) is 20.0. The quantitative estimate of drug-likeness (QED) is 0.0278. The molecule has 2 unspecified atom stereocenters. The van der Waals surface area contributed by atoms with Crippen molar-refractivity contribution in [3.05, 3.63) is 72.9 Å². The molecule has 3 N–H and O–H groups in total. The molecule has 0 rings (SSSR count). The lowest BCUT2D eigenvalue weighted by molar-refractivity contribution is -0.161. The molecule has 2 atom stereocenters. The summed E-state index contributed by atoms with van der Waals surface area (Å²) in [6, 6.07) is 0. The van der Waals surface area contributed by atoms with E-state index in [0.29, 0.717) is 12.8 Å². The summed E-state index contributed by atoms with van der Waals surface area (Å²) >= 11 is 0. The number of carbonyl (C=O) groups is 2.